The van der Waals surface area contributed by atoms with Crippen LogP contribution in [-0.4, -0.2) is 12.6 Å². The molecule has 96 valence electrons. The van der Waals surface area contributed by atoms with Crippen molar-refractivity contribution in [1.82, 2.24) is 0 Å². The molecule has 1 rings (SSSR count). The fraction of sp³-hybridized carbons (Fsp3) is 0.385. The van der Waals surface area contributed by atoms with E-state index in [0.717, 1.165) is 0 Å². The van der Waals surface area contributed by atoms with Crippen molar-refractivity contribution in [3.05, 3.63) is 33.8 Å². The van der Waals surface area contributed by atoms with Crippen LogP contribution in [0.5, 0.6) is 0 Å². The predicted octanol–water partition coefficient (Wildman–Crippen LogP) is 3.73. The molecule has 0 aliphatic heterocycles. The fourth-order valence-corrected chi connectivity index (χ4v) is 2.52. The molecule has 0 aliphatic carbocycles. The van der Waals surface area contributed by atoms with E-state index in [0.29, 0.717) is 15.6 Å². The molecule has 0 bridgehead atoms. The van der Waals surface area contributed by atoms with Crippen LogP contribution in [0, 0.1) is 11.3 Å². The first kappa shape index (κ1) is 14.8. The van der Waals surface area contributed by atoms with E-state index in [9.17, 15) is 10.1 Å². The highest BCUT2D eigenvalue weighted by Gasteiger charge is 2.34. The number of hydrogen-bond acceptors (Lipinski definition) is 3. The van der Waals surface area contributed by atoms with Gasteiger partial charge in [-0.2, -0.15) is 5.26 Å². The zero-order valence-electron chi connectivity index (χ0n) is 10.2. The third-order valence-corrected chi connectivity index (χ3v) is 3.19. The van der Waals surface area contributed by atoms with Gasteiger partial charge in [-0.3, -0.25) is 4.79 Å². The highest BCUT2D eigenvalue weighted by molar-refractivity contribution is 6.36. The van der Waals surface area contributed by atoms with Crippen LogP contribution in [0.25, 0.3) is 0 Å². The Morgan fingerprint density at radius 2 is 2.00 bits per heavy atom. The molecule has 0 heterocycles. The molecule has 1 aromatic carbocycles. The minimum absolute atomic E-state index is 0.0825. The van der Waals surface area contributed by atoms with E-state index in [1.54, 1.807) is 32.0 Å². The first-order chi connectivity index (χ1) is 8.44. The normalized spacial score (nSPS) is 13.5. The molecule has 0 N–H and O–H groups in total. The molecule has 0 saturated heterocycles. The van der Waals surface area contributed by atoms with Gasteiger partial charge in [0.25, 0.3) is 0 Å². The Bertz CT molecular complexity index is 476. The summed E-state index contributed by atoms with van der Waals surface area (Å²) in [7, 11) is 0. The van der Waals surface area contributed by atoms with Crippen molar-refractivity contribution >= 4 is 29.2 Å². The van der Waals surface area contributed by atoms with Gasteiger partial charge in [0.15, 0.2) is 0 Å². The van der Waals surface area contributed by atoms with E-state index < -0.39 is 11.4 Å². The Morgan fingerprint density at radius 3 is 2.44 bits per heavy atom. The number of nitriles is 1. The lowest BCUT2D eigenvalue weighted by molar-refractivity contribution is -0.144. The second-order valence-electron chi connectivity index (χ2n) is 4.02. The molecular formula is C13H13Cl2NO2. The molecule has 0 spiro atoms. The number of ether oxygens (including phenoxy) is 1. The number of carbonyl (C=O) groups excluding carboxylic acids is 1. The lowest BCUT2D eigenvalue weighted by Gasteiger charge is -2.23. The van der Waals surface area contributed by atoms with Gasteiger partial charge in [0.05, 0.1) is 24.5 Å². The number of nitrogens with zero attached hydrogens (tertiary/aromatic N) is 1. The van der Waals surface area contributed by atoms with Crippen molar-refractivity contribution in [3.8, 4) is 6.07 Å². The van der Waals surface area contributed by atoms with E-state index >= 15 is 0 Å². The van der Waals surface area contributed by atoms with Crippen molar-refractivity contribution in [1.29, 1.82) is 5.26 Å². The molecule has 0 amide bonds. The van der Waals surface area contributed by atoms with Crippen molar-refractivity contribution in [2.75, 3.05) is 6.61 Å². The molecule has 1 aromatic rings. The van der Waals surface area contributed by atoms with Crippen LogP contribution in [0.4, 0.5) is 0 Å². The van der Waals surface area contributed by atoms with Crippen LogP contribution in [0.15, 0.2) is 18.2 Å². The molecule has 3 nitrogen and oxygen atoms in total. The SMILES string of the molecule is CCOC(=O)CC(C)(C#N)c1c(Cl)cccc1Cl. The van der Waals surface area contributed by atoms with Gasteiger partial charge in [0.1, 0.15) is 0 Å². The first-order valence-electron chi connectivity index (χ1n) is 5.46. The maximum atomic E-state index is 11.6. The van der Waals surface area contributed by atoms with Crippen LogP contribution in [0.1, 0.15) is 25.8 Å². The molecule has 0 aromatic heterocycles. The quantitative estimate of drug-likeness (QED) is 0.792. The maximum absolute atomic E-state index is 11.6. The summed E-state index contributed by atoms with van der Waals surface area (Å²) in [5.74, 6) is -0.447. The summed E-state index contributed by atoms with van der Waals surface area (Å²) in [5, 5.41) is 10.1. The van der Waals surface area contributed by atoms with Crippen molar-refractivity contribution < 1.29 is 9.53 Å². The third-order valence-electron chi connectivity index (χ3n) is 2.56. The largest absolute Gasteiger partial charge is 0.466 e. The number of esters is 1. The highest BCUT2D eigenvalue weighted by Crippen LogP contribution is 2.37. The lowest BCUT2D eigenvalue weighted by atomic mass is 9.81. The number of rotatable bonds is 4. The Morgan fingerprint density at radius 1 is 1.44 bits per heavy atom. The van der Waals surface area contributed by atoms with Crippen molar-refractivity contribution in [2.45, 2.75) is 25.7 Å². The number of benzene rings is 1. The second kappa shape index (κ2) is 6.08. The zero-order chi connectivity index (χ0) is 13.8. The van der Waals surface area contributed by atoms with Gasteiger partial charge < -0.3 is 4.74 Å². The van der Waals surface area contributed by atoms with Gasteiger partial charge in [-0.1, -0.05) is 29.3 Å². The highest BCUT2D eigenvalue weighted by atomic mass is 35.5. The Balaban J connectivity index is 3.16. The van der Waals surface area contributed by atoms with Crippen LogP contribution in [0.2, 0.25) is 10.0 Å². The van der Waals surface area contributed by atoms with E-state index in [4.69, 9.17) is 27.9 Å². The molecule has 5 heteroatoms. The van der Waals surface area contributed by atoms with Gasteiger partial charge >= 0.3 is 5.97 Å². The Hall–Kier alpha value is -1.24. The smallest absolute Gasteiger partial charge is 0.307 e. The zero-order valence-corrected chi connectivity index (χ0v) is 11.7. The summed E-state index contributed by atoms with van der Waals surface area (Å²) >= 11 is 12.1. The van der Waals surface area contributed by atoms with E-state index in [1.165, 1.54) is 0 Å². The molecular weight excluding hydrogens is 273 g/mol. The standard InChI is InChI=1S/C13H13Cl2NO2/c1-3-18-11(17)7-13(2,8-16)12-9(14)5-4-6-10(12)15/h4-6H,3,7H2,1-2H3. The molecule has 0 radical (unpaired) electrons. The Kier molecular flexibility index (Phi) is 5.01. The second-order valence-corrected chi connectivity index (χ2v) is 4.84. The van der Waals surface area contributed by atoms with Gasteiger partial charge in [0.2, 0.25) is 0 Å². The summed E-state index contributed by atoms with van der Waals surface area (Å²) < 4.78 is 4.86. The first-order valence-corrected chi connectivity index (χ1v) is 6.21. The minimum atomic E-state index is -1.10. The number of hydrogen-bond donors (Lipinski definition) is 0. The number of halogens is 2. The summed E-state index contributed by atoms with van der Waals surface area (Å²) in [6.45, 7) is 3.61. The van der Waals surface area contributed by atoms with E-state index in [2.05, 4.69) is 6.07 Å². The van der Waals surface area contributed by atoms with E-state index in [1.807, 2.05) is 0 Å². The average molecular weight is 286 g/mol. The molecule has 0 fully saturated rings. The lowest BCUT2D eigenvalue weighted by Crippen LogP contribution is -2.26. The predicted molar refractivity (Wildman–Crippen MR) is 70.7 cm³/mol. The van der Waals surface area contributed by atoms with Crippen LogP contribution in [-0.2, 0) is 14.9 Å². The monoisotopic (exact) mass is 285 g/mol. The fourth-order valence-electron chi connectivity index (χ4n) is 1.71. The Labute approximate surface area is 116 Å². The van der Waals surface area contributed by atoms with Crippen LogP contribution in [0.3, 0.4) is 0 Å². The summed E-state index contributed by atoms with van der Waals surface area (Å²) in [6, 6.07) is 7.07. The van der Waals surface area contributed by atoms with Gasteiger partial charge in [-0.05, 0) is 26.0 Å². The third kappa shape index (κ3) is 3.16. The minimum Gasteiger partial charge on any atom is -0.466 e. The molecule has 0 saturated carbocycles. The average Bonchev–Trinajstić information content (AvgIpc) is 2.28. The maximum Gasteiger partial charge on any atom is 0.307 e. The molecule has 0 aliphatic rings. The van der Waals surface area contributed by atoms with Crippen molar-refractivity contribution in [3.63, 3.8) is 0 Å². The van der Waals surface area contributed by atoms with Gasteiger partial charge in [0, 0.05) is 15.6 Å². The molecule has 18 heavy (non-hydrogen) atoms. The van der Waals surface area contributed by atoms with Gasteiger partial charge in [-0.25, -0.2) is 0 Å². The molecule has 1 atom stereocenters. The molecule has 1 unspecified atom stereocenters. The summed E-state index contributed by atoms with van der Waals surface area (Å²) in [6.07, 6.45) is -0.0825. The van der Waals surface area contributed by atoms with Crippen LogP contribution >= 0.6 is 23.2 Å². The topological polar surface area (TPSA) is 50.1 Å². The van der Waals surface area contributed by atoms with Crippen LogP contribution < -0.4 is 0 Å². The van der Waals surface area contributed by atoms with Crippen molar-refractivity contribution in [2.24, 2.45) is 0 Å². The summed E-state index contributed by atoms with van der Waals surface area (Å²) in [5.41, 5.74) is -0.634. The van der Waals surface area contributed by atoms with Gasteiger partial charge in [-0.15, -0.1) is 0 Å². The number of carbonyl (C=O) groups is 1. The summed E-state index contributed by atoms with van der Waals surface area (Å²) in [4.78, 5) is 11.6. The van der Waals surface area contributed by atoms with E-state index in [-0.39, 0.29) is 13.0 Å².